The summed E-state index contributed by atoms with van der Waals surface area (Å²) in [5.74, 6) is 0. The molecule has 0 saturated heterocycles. The first kappa shape index (κ1) is 14.1. The van der Waals surface area contributed by atoms with E-state index in [1.807, 2.05) is 12.1 Å². The normalized spacial score (nSPS) is 15.1. The molecule has 0 spiro atoms. The van der Waals surface area contributed by atoms with Gasteiger partial charge in [-0.1, -0.05) is 30.3 Å². The average Bonchev–Trinajstić information content (AvgIpc) is 2.82. The molecular weight excluding hydrogens is 284 g/mol. The third-order valence-corrected chi connectivity index (χ3v) is 5.54. The van der Waals surface area contributed by atoms with Crippen LogP contribution in [0.2, 0.25) is 0 Å². The van der Waals surface area contributed by atoms with Crippen LogP contribution in [0.25, 0.3) is 0 Å². The minimum absolute atomic E-state index is 0.0896. The lowest BCUT2D eigenvalue weighted by Gasteiger charge is -2.14. The van der Waals surface area contributed by atoms with Gasteiger partial charge in [-0.3, -0.25) is 0 Å². The van der Waals surface area contributed by atoms with Gasteiger partial charge in [0.2, 0.25) is 10.0 Å². The van der Waals surface area contributed by atoms with E-state index in [1.54, 1.807) is 19.1 Å². The van der Waals surface area contributed by atoms with Gasteiger partial charge in [0.05, 0.1) is 4.90 Å². The Bertz CT molecular complexity index is 760. The zero-order chi connectivity index (χ0) is 15.0. The number of hydrogen-bond acceptors (Lipinski definition) is 3. The molecule has 0 radical (unpaired) electrons. The van der Waals surface area contributed by atoms with Crippen LogP contribution in [0, 0.1) is 6.92 Å². The quantitative estimate of drug-likeness (QED) is 0.852. The lowest BCUT2D eigenvalue weighted by Crippen LogP contribution is -2.35. The SMILES string of the molecule is Cc1ccc(N)cc1S(=O)(=O)NC1Cc2ccccc2C1. The highest BCUT2D eigenvalue weighted by molar-refractivity contribution is 7.89. The average molecular weight is 302 g/mol. The van der Waals surface area contributed by atoms with Crippen molar-refractivity contribution in [3.05, 3.63) is 59.2 Å². The molecular formula is C16H18N2O2S. The van der Waals surface area contributed by atoms with E-state index >= 15 is 0 Å². The molecule has 2 aromatic carbocycles. The molecule has 0 amide bonds. The summed E-state index contributed by atoms with van der Waals surface area (Å²) in [7, 11) is -3.54. The lowest BCUT2D eigenvalue weighted by atomic mass is 10.1. The highest BCUT2D eigenvalue weighted by Gasteiger charge is 2.27. The topological polar surface area (TPSA) is 72.2 Å². The van der Waals surface area contributed by atoms with Crippen molar-refractivity contribution in [2.24, 2.45) is 0 Å². The van der Waals surface area contributed by atoms with Gasteiger partial charge in [-0.05, 0) is 48.6 Å². The number of benzene rings is 2. The molecule has 0 bridgehead atoms. The molecule has 3 rings (SSSR count). The molecule has 1 aliphatic rings. The molecule has 0 aromatic heterocycles. The largest absolute Gasteiger partial charge is 0.399 e. The summed E-state index contributed by atoms with van der Waals surface area (Å²) in [6, 6.07) is 12.9. The zero-order valence-corrected chi connectivity index (χ0v) is 12.7. The summed E-state index contributed by atoms with van der Waals surface area (Å²) < 4.78 is 27.9. The molecule has 5 heteroatoms. The maximum Gasteiger partial charge on any atom is 0.241 e. The highest BCUT2D eigenvalue weighted by atomic mass is 32.2. The van der Waals surface area contributed by atoms with Crippen LogP contribution in [-0.2, 0) is 22.9 Å². The zero-order valence-electron chi connectivity index (χ0n) is 11.8. The molecule has 0 atom stereocenters. The van der Waals surface area contributed by atoms with Crippen molar-refractivity contribution < 1.29 is 8.42 Å². The summed E-state index contributed by atoms with van der Waals surface area (Å²) in [5, 5.41) is 0. The fourth-order valence-corrected chi connectivity index (χ4v) is 4.35. The maximum absolute atomic E-state index is 12.5. The minimum atomic E-state index is -3.54. The Morgan fingerprint density at radius 3 is 2.33 bits per heavy atom. The standard InChI is InChI=1S/C16H18N2O2S/c1-11-6-7-14(17)10-16(11)21(19,20)18-15-8-12-4-2-3-5-13(12)9-15/h2-7,10,15,18H,8-9,17H2,1H3. The van der Waals surface area contributed by atoms with Gasteiger partial charge in [-0.25, -0.2) is 13.1 Å². The van der Waals surface area contributed by atoms with Crippen molar-refractivity contribution in [3.8, 4) is 0 Å². The van der Waals surface area contributed by atoms with Crippen LogP contribution in [0.3, 0.4) is 0 Å². The molecule has 0 saturated carbocycles. The summed E-state index contributed by atoms with van der Waals surface area (Å²) in [5.41, 5.74) is 9.30. The molecule has 21 heavy (non-hydrogen) atoms. The van der Waals surface area contributed by atoms with Crippen LogP contribution in [0.5, 0.6) is 0 Å². The number of aryl methyl sites for hydroxylation is 1. The van der Waals surface area contributed by atoms with E-state index in [4.69, 9.17) is 5.73 Å². The minimum Gasteiger partial charge on any atom is -0.399 e. The van der Waals surface area contributed by atoms with E-state index in [1.165, 1.54) is 17.2 Å². The second-order valence-electron chi connectivity index (χ2n) is 5.52. The number of sulfonamides is 1. The lowest BCUT2D eigenvalue weighted by molar-refractivity contribution is 0.555. The summed E-state index contributed by atoms with van der Waals surface area (Å²) in [6.07, 6.45) is 1.47. The van der Waals surface area contributed by atoms with Gasteiger partial charge in [-0.2, -0.15) is 0 Å². The number of nitrogens with two attached hydrogens (primary N) is 1. The fraction of sp³-hybridized carbons (Fsp3) is 0.250. The van der Waals surface area contributed by atoms with E-state index in [2.05, 4.69) is 16.9 Å². The van der Waals surface area contributed by atoms with E-state index in [0.29, 0.717) is 11.3 Å². The van der Waals surface area contributed by atoms with E-state index in [0.717, 1.165) is 12.8 Å². The van der Waals surface area contributed by atoms with Gasteiger partial charge in [0.25, 0.3) is 0 Å². The van der Waals surface area contributed by atoms with E-state index < -0.39 is 10.0 Å². The second kappa shape index (κ2) is 5.16. The number of nitrogen functional groups attached to an aromatic ring is 1. The van der Waals surface area contributed by atoms with Crippen molar-refractivity contribution in [2.75, 3.05) is 5.73 Å². The van der Waals surface area contributed by atoms with Crippen LogP contribution in [0.4, 0.5) is 5.69 Å². The number of hydrogen-bond donors (Lipinski definition) is 2. The molecule has 3 N–H and O–H groups in total. The van der Waals surface area contributed by atoms with Crippen LogP contribution < -0.4 is 10.5 Å². The molecule has 0 aliphatic heterocycles. The Hall–Kier alpha value is -1.85. The Kier molecular flexibility index (Phi) is 3.47. The number of nitrogens with one attached hydrogen (secondary N) is 1. The number of rotatable bonds is 3. The van der Waals surface area contributed by atoms with Crippen LogP contribution in [0.15, 0.2) is 47.4 Å². The van der Waals surface area contributed by atoms with Gasteiger partial charge in [0, 0.05) is 11.7 Å². The third kappa shape index (κ3) is 2.80. The Morgan fingerprint density at radius 2 is 1.71 bits per heavy atom. The Morgan fingerprint density at radius 1 is 1.10 bits per heavy atom. The highest BCUT2D eigenvalue weighted by Crippen LogP contribution is 2.24. The van der Waals surface area contributed by atoms with Gasteiger partial charge < -0.3 is 5.73 Å². The van der Waals surface area contributed by atoms with Gasteiger partial charge >= 0.3 is 0 Å². The van der Waals surface area contributed by atoms with Gasteiger partial charge in [0.15, 0.2) is 0 Å². The second-order valence-corrected chi connectivity index (χ2v) is 7.20. The monoisotopic (exact) mass is 302 g/mol. The van der Waals surface area contributed by atoms with Crippen molar-refractivity contribution >= 4 is 15.7 Å². The molecule has 0 heterocycles. The van der Waals surface area contributed by atoms with Crippen molar-refractivity contribution in [2.45, 2.75) is 30.7 Å². The van der Waals surface area contributed by atoms with Crippen molar-refractivity contribution in [1.82, 2.24) is 4.72 Å². The fourth-order valence-electron chi connectivity index (χ4n) is 2.83. The summed E-state index contributed by atoms with van der Waals surface area (Å²) in [6.45, 7) is 1.78. The summed E-state index contributed by atoms with van der Waals surface area (Å²) in [4.78, 5) is 0.262. The predicted molar refractivity (Wildman–Crippen MR) is 83.6 cm³/mol. The van der Waals surface area contributed by atoms with E-state index in [-0.39, 0.29) is 10.9 Å². The molecule has 0 unspecified atom stereocenters. The molecule has 4 nitrogen and oxygen atoms in total. The summed E-state index contributed by atoms with van der Waals surface area (Å²) >= 11 is 0. The maximum atomic E-state index is 12.5. The number of fused-ring (bicyclic) bond motifs is 1. The van der Waals surface area contributed by atoms with Crippen LogP contribution >= 0.6 is 0 Å². The molecule has 1 aliphatic carbocycles. The molecule has 2 aromatic rings. The van der Waals surface area contributed by atoms with Crippen LogP contribution in [0.1, 0.15) is 16.7 Å². The third-order valence-electron chi connectivity index (χ3n) is 3.87. The number of anilines is 1. The van der Waals surface area contributed by atoms with Gasteiger partial charge in [0.1, 0.15) is 0 Å². The Labute approximate surface area is 125 Å². The van der Waals surface area contributed by atoms with E-state index in [9.17, 15) is 8.42 Å². The first-order chi connectivity index (χ1) is 9.95. The Balaban J connectivity index is 1.84. The first-order valence-corrected chi connectivity index (χ1v) is 8.39. The predicted octanol–water partition coefficient (Wildman–Crippen LogP) is 2.02. The first-order valence-electron chi connectivity index (χ1n) is 6.91. The molecule has 0 fully saturated rings. The van der Waals surface area contributed by atoms with Crippen LogP contribution in [-0.4, -0.2) is 14.5 Å². The smallest absolute Gasteiger partial charge is 0.241 e. The van der Waals surface area contributed by atoms with Crippen molar-refractivity contribution in [1.29, 1.82) is 0 Å². The molecule has 110 valence electrons. The van der Waals surface area contributed by atoms with Crippen molar-refractivity contribution in [3.63, 3.8) is 0 Å². The van der Waals surface area contributed by atoms with Gasteiger partial charge in [-0.15, -0.1) is 0 Å².